The zero-order valence-corrected chi connectivity index (χ0v) is 14.0. The van der Waals surface area contributed by atoms with Crippen LogP contribution in [0.3, 0.4) is 0 Å². The van der Waals surface area contributed by atoms with Gasteiger partial charge < -0.3 is 4.57 Å². The first-order valence-electron chi connectivity index (χ1n) is 7.94. The Balaban J connectivity index is 2.31. The van der Waals surface area contributed by atoms with Crippen LogP contribution < -0.4 is 10.6 Å². The van der Waals surface area contributed by atoms with Gasteiger partial charge >= 0.3 is 0 Å². The highest BCUT2D eigenvalue weighted by Gasteiger charge is 2.34. The van der Waals surface area contributed by atoms with E-state index >= 15 is 0 Å². The van der Waals surface area contributed by atoms with Crippen molar-refractivity contribution in [3.05, 3.63) is 60.7 Å². The molecule has 3 heteroatoms. The number of rotatable bonds is 8. The quantitative estimate of drug-likeness (QED) is 0.531. The van der Waals surface area contributed by atoms with Gasteiger partial charge in [-0.05, 0) is 6.42 Å². The maximum atomic E-state index is 13.6. The Morgan fingerprint density at radius 3 is 1.77 bits per heavy atom. The van der Waals surface area contributed by atoms with Crippen LogP contribution in [-0.2, 0) is 9.36 Å². The van der Waals surface area contributed by atoms with E-state index in [2.05, 4.69) is 6.92 Å². The molecule has 0 atom stereocenters. The summed E-state index contributed by atoms with van der Waals surface area (Å²) in [5.74, 6) is 0. The fourth-order valence-electron chi connectivity index (χ4n) is 2.57. The van der Waals surface area contributed by atoms with Crippen LogP contribution in [0.15, 0.2) is 60.7 Å². The largest absolute Gasteiger partial charge is 0.306 e. The van der Waals surface area contributed by atoms with Gasteiger partial charge in [0.05, 0.1) is 0 Å². The SMILES string of the molecule is CCCCCCC(=O)P(=O)(c1ccccc1)c1ccccc1. The maximum Gasteiger partial charge on any atom is 0.205 e. The summed E-state index contributed by atoms with van der Waals surface area (Å²) in [6.45, 7) is 2.14. The van der Waals surface area contributed by atoms with Crippen molar-refractivity contribution >= 4 is 23.3 Å². The summed E-state index contributed by atoms with van der Waals surface area (Å²) >= 11 is 0. The number of benzene rings is 2. The van der Waals surface area contributed by atoms with Crippen LogP contribution in [0, 0.1) is 0 Å². The van der Waals surface area contributed by atoms with Gasteiger partial charge in [-0.25, -0.2) is 0 Å². The molecule has 0 amide bonds. The van der Waals surface area contributed by atoms with Crippen LogP contribution in [-0.4, -0.2) is 5.52 Å². The smallest absolute Gasteiger partial charge is 0.205 e. The summed E-state index contributed by atoms with van der Waals surface area (Å²) in [6.07, 6.45) is 4.47. The van der Waals surface area contributed by atoms with Crippen LogP contribution >= 0.6 is 7.14 Å². The van der Waals surface area contributed by atoms with Crippen molar-refractivity contribution in [1.82, 2.24) is 0 Å². The molecule has 0 bridgehead atoms. The zero-order chi connectivity index (χ0) is 15.8. The van der Waals surface area contributed by atoms with Gasteiger partial charge in [-0.1, -0.05) is 86.8 Å². The first-order valence-corrected chi connectivity index (χ1v) is 9.65. The third kappa shape index (κ3) is 3.75. The van der Waals surface area contributed by atoms with Gasteiger partial charge in [-0.2, -0.15) is 0 Å². The van der Waals surface area contributed by atoms with Gasteiger partial charge in [0.25, 0.3) is 0 Å². The predicted molar refractivity (Wildman–Crippen MR) is 93.5 cm³/mol. The van der Waals surface area contributed by atoms with Crippen molar-refractivity contribution in [1.29, 1.82) is 0 Å². The van der Waals surface area contributed by atoms with E-state index in [1.807, 2.05) is 36.4 Å². The third-order valence-electron chi connectivity index (χ3n) is 3.84. The maximum absolute atomic E-state index is 13.6. The van der Waals surface area contributed by atoms with E-state index in [0.29, 0.717) is 17.0 Å². The van der Waals surface area contributed by atoms with Gasteiger partial charge in [0.15, 0.2) is 5.52 Å². The van der Waals surface area contributed by atoms with Gasteiger partial charge in [0.2, 0.25) is 7.14 Å². The number of unbranched alkanes of at least 4 members (excludes halogenated alkanes) is 3. The molecular formula is C19H23O2P. The molecule has 0 aliphatic rings. The highest BCUT2D eigenvalue weighted by Crippen LogP contribution is 2.45. The van der Waals surface area contributed by atoms with Crippen molar-refractivity contribution in [2.45, 2.75) is 39.0 Å². The normalized spacial score (nSPS) is 11.3. The lowest BCUT2D eigenvalue weighted by Gasteiger charge is -2.18. The molecule has 2 aromatic rings. The molecule has 0 aromatic heterocycles. The van der Waals surface area contributed by atoms with Crippen molar-refractivity contribution in [3.63, 3.8) is 0 Å². The molecule has 0 aliphatic carbocycles. The molecule has 0 N–H and O–H groups in total. The molecule has 0 saturated carbocycles. The van der Waals surface area contributed by atoms with Crippen molar-refractivity contribution in [3.8, 4) is 0 Å². The first-order chi connectivity index (χ1) is 10.7. The highest BCUT2D eigenvalue weighted by molar-refractivity contribution is 7.93. The minimum Gasteiger partial charge on any atom is -0.306 e. The standard InChI is InChI=1S/C19H23O2P/c1-2-3-4-11-16-19(20)22(21,17-12-7-5-8-13-17)18-14-9-6-10-15-18/h5-10,12-15H,2-4,11,16H2,1H3. The van der Waals surface area contributed by atoms with Gasteiger partial charge in [-0.3, -0.25) is 4.79 Å². The molecule has 0 heterocycles. The lowest BCUT2D eigenvalue weighted by atomic mass is 10.2. The Bertz CT molecular complexity index is 591. The molecule has 22 heavy (non-hydrogen) atoms. The minimum atomic E-state index is -3.20. The summed E-state index contributed by atoms with van der Waals surface area (Å²) in [5, 5.41) is 1.28. The number of hydrogen-bond donors (Lipinski definition) is 0. The number of carbonyl (C=O) groups is 1. The van der Waals surface area contributed by atoms with Gasteiger partial charge in [0, 0.05) is 17.0 Å². The molecule has 0 spiro atoms. The number of carbonyl (C=O) groups excluding carboxylic acids is 1. The summed E-state index contributed by atoms with van der Waals surface area (Å²) in [6, 6.07) is 18.3. The van der Waals surface area contributed by atoms with Crippen molar-refractivity contribution < 1.29 is 9.36 Å². The monoisotopic (exact) mass is 314 g/mol. The van der Waals surface area contributed by atoms with Crippen LogP contribution in [0.4, 0.5) is 0 Å². The highest BCUT2D eigenvalue weighted by atomic mass is 31.2. The summed E-state index contributed by atoms with van der Waals surface area (Å²) in [5.41, 5.74) is -0.124. The molecule has 2 aromatic carbocycles. The van der Waals surface area contributed by atoms with E-state index in [9.17, 15) is 9.36 Å². The van der Waals surface area contributed by atoms with E-state index in [4.69, 9.17) is 0 Å². The summed E-state index contributed by atoms with van der Waals surface area (Å²) < 4.78 is 13.6. The van der Waals surface area contributed by atoms with E-state index in [-0.39, 0.29) is 5.52 Å². The second-order valence-corrected chi connectivity index (χ2v) is 8.23. The molecule has 0 fully saturated rings. The molecule has 0 unspecified atom stereocenters. The second kappa shape index (κ2) is 8.10. The third-order valence-corrected chi connectivity index (χ3v) is 6.81. The van der Waals surface area contributed by atoms with E-state index in [1.54, 1.807) is 24.3 Å². The Hall–Kier alpha value is -1.66. The van der Waals surface area contributed by atoms with E-state index in [0.717, 1.165) is 25.7 Å². The fourth-order valence-corrected chi connectivity index (χ4v) is 5.10. The van der Waals surface area contributed by atoms with Gasteiger partial charge in [0.1, 0.15) is 0 Å². The number of hydrogen-bond acceptors (Lipinski definition) is 2. The Labute approximate surface area is 132 Å². The molecule has 0 radical (unpaired) electrons. The van der Waals surface area contributed by atoms with Crippen LogP contribution in [0.2, 0.25) is 0 Å². The molecule has 2 nitrogen and oxygen atoms in total. The predicted octanol–water partition coefficient (Wildman–Crippen LogP) is 4.50. The topological polar surface area (TPSA) is 34.1 Å². The minimum absolute atomic E-state index is 0.124. The van der Waals surface area contributed by atoms with E-state index in [1.165, 1.54) is 0 Å². The first kappa shape index (κ1) is 16.7. The van der Waals surface area contributed by atoms with Crippen molar-refractivity contribution in [2.24, 2.45) is 0 Å². The Kier molecular flexibility index (Phi) is 6.15. The van der Waals surface area contributed by atoms with Crippen LogP contribution in [0.25, 0.3) is 0 Å². The Morgan fingerprint density at radius 1 is 0.818 bits per heavy atom. The molecular weight excluding hydrogens is 291 g/mol. The van der Waals surface area contributed by atoms with E-state index < -0.39 is 7.14 Å². The summed E-state index contributed by atoms with van der Waals surface area (Å²) in [4.78, 5) is 12.8. The summed E-state index contributed by atoms with van der Waals surface area (Å²) in [7, 11) is -3.20. The lowest BCUT2D eigenvalue weighted by Crippen LogP contribution is -2.22. The van der Waals surface area contributed by atoms with Crippen LogP contribution in [0.5, 0.6) is 0 Å². The zero-order valence-electron chi connectivity index (χ0n) is 13.1. The fraction of sp³-hybridized carbons (Fsp3) is 0.316. The average molecular weight is 314 g/mol. The second-order valence-electron chi connectivity index (χ2n) is 5.48. The van der Waals surface area contributed by atoms with Gasteiger partial charge in [-0.15, -0.1) is 0 Å². The lowest BCUT2D eigenvalue weighted by molar-refractivity contribution is -0.111. The molecule has 0 saturated heterocycles. The average Bonchev–Trinajstić information content (AvgIpc) is 2.59. The Morgan fingerprint density at radius 2 is 1.32 bits per heavy atom. The van der Waals surface area contributed by atoms with Crippen LogP contribution in [0.1, 0.15) is 39.0 Å². The molecule has 0 aliphatic heterocycles. The molecule has 2 rings (SSSR count). The van der Waals surface area contributed by atoms with Crippen molar-refractivity contribution in [2.75, 3.05) is 0 Å². The molecule has 116 valence electrons.